The van der Waals surface area contributed by atoms with Gasteiger partial charge in [0.2, 0.25) is 0 Å². The number of ether oxygens (including phenoxy) is 3. The van der Waals surface area contributed by atoms with Gasteiger partial charge in [-0.3, -0.25) is 4.79 Å². The molecule has 8 heteroatoms. The summed E-state index contributed by atoms with van der Waals surface area (Å²) in [5.74, 6) is -0.319. The monoisotopic (exact) mass is 423 g/mol. The van der Waals surface area contributed by atoms with E-state index in [-0.39, 0.29) is 12.5 Å². The highest BCUT2D eigenvalue weighted by Crippen LogP contribution is 2.26. The van der Waals surface area contributed by atoms with Crippen molar-refractivity contribution in [3.8, 4) is 0 Å². The molecule has 1 saturated heterocycles. The minimum Gasteiger partial charge on any atom is -0.464 e. The van der Waals surface area contributed by atoms with Crippen LogP contribution in [0.5, 0.6) is 0 Å². The molecule has 1 aromatic rings. The van der Waals surface area contributed by atoms with Gasteiger partial charge in [0.15, 0.2) is 18.3 Å². The minimum atomic E-state index is -1.00. The zero-order valence-corrected chi connectivity index (χ0v) is 17.9. The van der Waals surface area contributed by atoms with Crippen LogP contribution in [0.2, 0.25) is 0 Å². The third-order valence-electron chi connectivity index (χ3n) is 4.50. The van der Waals surface area contributed by atoms with Gasteiger partial charge in [0.25, 0.3) is 5.91 Å². The van der Waals surface area contributed by atoms with Crippen LogP contribution in [-0.2, 0) is 34.3 Å². The molecule has 1 aliphatic rings. The van der Waals surface area contributed by atoms with Gasteiger partial charge in [-0.1, -0.05) is 50.6 Å². The third-order valence-corrected chi connectivity index (χ3v) is 5.57. The average Bonchev–Trinajstić information content (AvgIpc) is 3.53. The molecule has 0 saturated carbocycles. The highest BCUT2D eigenvalue weighted by atomic mass is 32.2. The number of carbonyl (C=O) groups is 3. The Bertz CT molecular complexity index is 683. The lowest BCUT2D eigenvalue weighted by Crippen LogP contribution is -2.42. The molecular formula is C21H29NO6S. The van der Waals surface area contributed by atoms with Crippen LogP contribution in [0.25, 0.3) is 0 Å². The van der Waals surface area contributed by atoms with Gasteiger partial charge in [0.1, 0.15) is 0 Å². The van der Waals surface area contributed by atoms with Crippen LogP contribution in [0.1, 0.15) is 32.8 Å². The molecule has 0 aliphatic carbocycles. The Morgan fingerprint density at radius 3 is 2.48 bits per heavy atom. The first kappa shape index (κ1) is 23.2. The largest absolute Gasteiger partial charge is 0.464 e. The van der Waals surface area contributed by atoms with E-state index in [1.165, 1.54) is 11.8 Å². The maximum atomic E-state index is 12.6. The van der Waals surface area contributed by atoms with Crippen LogP contribution in [0, 0.1) is 5.92 Å². The Morgan fingerprint density at radius 1 is 1.14 bits per heavy atom. The number of nitrogens with one attached hydrogen (secondary N) is 1. The molecule has 0 radical (unpaired) electrons. The first-order chi connectivity index (χ1) is 14.0. The summed E-state index contributed by atoms with van der Waals surface area (Å²) >= 11 is 1.50. The van der Waals surface area contributed by atoms with Crippen LogP contribution >= 0.6 is 11.8 Å². The Balaban J connectivity index is 1.90. The van der Waals surface area contributed by atoms with E-state index in [9.17, 15) is 14.4 Å². The number of hydrogen-bond donors (Lipinski definition) is 1. The smallest absolute Gasteiger partial charge is 0.339 e. The van der Waals surface area contributed by atoms with E-state index in [0.717, 1.165) is 12.0 Å². The van der Waals surface area contributed by atoms with Crippen molar-refractivity contribution in [1.82, 2.24) is 5.32 Å². The summed E-state index contributed by atoms with van der Waals surface area (Å²) in [6, 6.07) is 9.84. The minimum absolute atomic E-state index is 0.206. The van der Waals surface area contributed by atoms with E-state index in [1.807, 2.05) is 44.2 Å². The Kier molecular flexibility index (Phi) is 9.47. The van der Waals surface area contributed by atoms with Gasteiger partial charge in [0, 0.05) is 18.1 Å². The molecule has 1 N–H and O–H groups in total. The Labute approximate surface area is 175 Å². The van der Waals surface area contributed by atoms with Crippen molar-refractivity contribution in [2.75, 3.05) is 18.9 Å². The second-order valence-electron chi connectivity index (χ2n) is 6.91. The fourth-order valence-corrected chi connectivity index (χ4v) is 3.44. The lowest BCUT2D eigenvalue weighted by molar-refractivity contribution is -0.156. The number of esters is 2. The van der Waals surface area contributed by atoms with Gasteiger partial charge in [-0.05, 0) is 18.4 Å². The third kappa shape index (κ3) is 7.70. The maximum Gasteiger partial charge on any atom is 0.339 e. The van der Waals surface area contributed by atoms with Gasteiger partial charge >= 0.3 is 11.9 Å². The van der Waals surface area contributed by atoms with Gasteiger partial charge in [0.05, 0.1) is 6.61 Å². The SMILES string of the molecule is CCOC(=O)[C@H]1O[C@@H]1C(=O)O[C@@H](CSCc1ccccc1)C(=O)NCC(C)CC. The summed E-state index contributed by atoms with van der Waals surface area (Å²) in [6.45, 7) is 6.47. The van der Waals surface area contributed by atoms with Crippen molar-refractivity contribution in [3.63, 3.8) is 0 Å². The zero-order chi connectivity index (χ0) is 21.2. The standard InChI is InChI=1S/C21H29NO6S/c1-4-14(3)11-22-19(23)16(13-29-12-15-9-7-6-8-10-15)27-21(25)18-17(28-18)20(24)26-5-2/h6-10,14,16-18H,4-5,11-13H2,1-3H3,(H,22,23)/t14?,16-,17-,18-/m0/s1. The Hall–Kier alpha value is -2.06. The summed E-state index contributed by atoms with van der Waals surface area (Å²) in [7, 11) is 0. The van der Waals surface area contributed by atoms with Crippen molar-refractivity contribution >= 4 is 29.6 Å². The van der Waals surface area contributed by atoms with E-state index in [2.05, 4.69) is 5.32 Å². The lowest BCUT2D eigenvalue weighted by atomic mass is 10.1. The summed E-state index contributed by atoms with van der Waals surface area (Å²) in [6.07, 6.45) is -1.96. The van der Waals surface area contributed by atoms with Crippen molar-refractivity contribution in [1.29, 1.82) is 0 Å². The van der Waals surface area contributed by atoms with E-state index >= 15 is 0 Å². The summed E-state index contributed by atoms with van der Waals surface area (Å²) < 4.78 is 15.3. The first-order valence-corrected chi connectivity index (χ1v) is 11.0. The van der Waals surface area contributed by atoms with Crippen LogP contribution in [-0.4, -0.2) is 55.1 Å². The molecule has 0 spiro atoms. The molecule has 0 aromatic heterocycles. The van der Waals surface area contributed by atoms with E-state index < -0.39 is 30.3 Å². The van der Waals surface area contributed by atoms with Crippen molar-refractivity contribution in [3.05, 3.63) is 35.9 Å². The summed E-state index contributed by atoms with van der Waals surface area (Å²) in [4.78, 5) is 36.5. The quantitative estimate of drug-likeness (QED) is 0.407. The summed E-state index contributed by atoms with van der Waals surface area (Å²) in [5.41, 5.74) is 1.12. The number of benzene rings is 1. The van der Waals surface area contributed by atoms with Crippen molar-refractivity contribution in [2.45, 2.75) is 51.3 Å². The van der Waals surface area contributed by atoms with Crippen LogP contribution in [0.4, 0.5) is 0 Å². The molecule has 1 heterocycles. The van der Waals surface area contributed by atoms with Gasteiger partial charge in [-0.2, -0.15) is 11.8 Å². The second-order valence-corrected chi connectivity index (χ2v) is 7.94. The van der Waals surface area contributed by atoms with Crippen LogP contribution in [0.3, 0.4) is 0 Å². The topological polar surface area (TPSA) is 94.2 Å². The predicted molar refractivity (Wildman–Crippen MR) is 110 cm³/mol. The molecule has 7 nitrogen and oxygen atoms in total. The van der Waals surface area contributed by atoms with Gasteiger partial charge in [-0.15, -0.1) is 0 Å². The normalized spacial score (nSPS) is 19.7. The highest BCUT2D eigenvalue weighted by molar-refractivity contribution is 7.98. The predicted octanol–water partition coefficient (Wildman–Crippen LogP) is 2.32. The molecular weight excluding hydrogens is 394 g/mol. The fourth-order valence-electron chi connectivity index (χ4n) is 2.46. The maximum absolute atomic E-state index is 12.6. The molecule has 1 amide bonds. The van der Waals surface area contributed by atoms with Crippen LogP contribution in [0.15, 0.2) is 30.3 Å². The molecule has 2 rings (SSSR count). The van der Waals surface area contributed by atoms with E-state index in [0.29, 0.717) is 24.0 Å². The van der Waals surface area contributed by atoms with Crippen molar-refractivity contribution in [2.24, 2.45) is 5.92 Å². The lowest BCUT2D eigenvalue weighted by Gasteiger charge is -2.18. The van der Waals surface area contributed by atoms with Crippen LogP contribution < -0.4 is 5.32 Å². The summed E-state index contributed by atoms with van der Waals surface area (Å²) in [5, 5.41) is 2.84. The van der Waals surface area contributed by atoms with Gasteiger partial charge < -0.3 is 19.5 Å². The zero-order valence-electron chi connectivity index (χ0n) is 17.1. The molecule has 0 bridgehead atoms. The highest BCUT2D eigenvalue weighted by Gasteiger charge is 2.53. The number of rotatable bonds is 12. The molecule has 1 aliphatic heterocycles. The average molecular weight is 424 g/mol. The number of epoxide rings is 1. The Morgan fingerprint density at radius 2 is 1.83 bits per heavy atom. The van der Waals surface area contributed by atoms with E-state index in [4.69, 9.17) is 14.2 Å². The number of hydrogen-bond acceptors (Lipinski definition) is 7. The molecule has 160 valence electrons. The molecule has 29 heavy (non-hydrogen) atoms. The first-order valence-electron chi connectivity index (χ1n) is 9.88. The second kappa shape index (κ2) is 11.8. The number of amides is 1. The number of carbonyl (C=O) groups excluding carboxylic acids is 3. The van der Waals surface area contributed by atoms with Crippen molar-refractivity contribution < 1.29 is 28.6 Å². The number of thioether (sulfide) groups is 1. The molecule has 1 aromatic carbocycles. The fraction of sp³-hybridized carbons (Fsp3) is 0.571. The molecule has 1 unspecified atom stereocenters. The molecule has 4 atom stereocenters. The van der Waals surface area contributed by atoms with E-state index in [1.54, 1.807) is 6.92 Å². The van der Waals surface area contributed by atoms with Gasteiger partial charge in [-0.25, -0.2) is 9.59 Å². The molecule has 1 fully saturated rings.